The van der Waals surface area contributed by atoms with Crippen molar-refractivity contribution in [2.24, 2.45) is 5.73 Å². The quantitative estimate of drug-likeness (QED) is 0.874. The maximum absolute atomic E-state index is 6.63. The molecule has 3 rings (SSSR count). The summed E-state index contributed by atoms with van der Waals surface area (Å²) in [5, 5.41) is 0. The number of hydrogen-bond acceptors (Lipinski definition) is 3. The molecule has 3 heteroatoms. The molecule has 1 aliphatic carbocycles. The van der Waals surface area contributed by atoms with Gasteiger partial charge in [0.25, 0.3) is 0 Å². The highest BCUT2D eigenvalue weighted by Gasteiger charge is 2.33. The van der Waals surface area contributed by atoms with E-state index in [2.05, 4.69) is 12.1 Å². The van der Waals surface area contributed by atoms with Crippen molar-refractivity contribution in [2.45, 2.75) is 50.9 Å². The zero-order valence-electron chi connectivity index (χ0n) is 11.0. The fourth-order valence-electron chi connectivity index (χ4n) is 3.22. The summed E-state index contributed by atoms with van der Waals surface area (Å²) in [5.41, 5.74) is 10.1. The number of fused-ring (bicyclic) bond motifs is 1. The van der Waals surface area contributed by atoms with Gasteiger partial charge in [-0.1, -0.05) is 19.3 Å². The summed E-state index contributed by atoms with van der Waals surface area (Å²) in [5.74, 6) is 0.934. The number of ether oxygens (including phenoxy) is 2. The van der Waals surface area contributed by atoms with Crippen molar-refractivity contribution in [1.82, 2.24) is 0 Å². The van der Waals surface area contributed by atoms with Gasteiger partial charge in [0.15, 0.2) is 0 Å². The summed E-state index contributed by atoms with van der Waals surface area (Å²) in [4.78, 5) is 0. The van der Waals surface area contributed by atoms with Crippen molar-refractivity contribution < 1.29 is 9.47 Å². The lowest BCUT2D eigenvalue weighted by Crippen LogP contribution is -2.39. The van der Waals surface area contributed by atoms with Gasteiger partial charge in [0.1, 0.15) is 5.75 Å². The van der Waals surface area contributed by atoms with Crippen molar-refractivity contribution in [3.8, 4) is 5.75 Å². The first-order valence-corrected chi connectivity index (χ1v) is 6.80. The summed E-state index contributed by atoms with van der Waals surface area (Å²) < 4.78 is 11.0. The Kier molecular flexibility index (Phi) is 3.04. The molecular formula is C15H21NO2. The number of nitrogens with two attached hydrogens (primary N) is 1. The number of methoxy groups -OCH3 is 1. The first kappa shape index (κ1) is 12.0. The van der Waals surface area contributed by atoms with Gasteiger partial charge in [-0.3, -0.25) is 0 Å². The fraction of sp³-hybridized carbons (Fsp3) is 0.600. The second-order valence-electron chi connectivity index (χ2n) is 5.53. The van der Waals surface area contributed by atoms with Crippen molar-refractivity contribution >= 4 is 0 Å². The van der Waals surface area contributed by atoms with Crippen LogP contribution in [0.5, 0.6) is 5.75 Å². The summed E-state index contributed by atoms with van der Waals surface area (Å²) in [6.45, 7) is 1.41. The average Bonchev–Trinajstić information content (AvgIpc) is 2.85. The molecule has 1 aliphatic heterocycles. The molecule has 1 aromatic carbocycles. The van der Waals surface area contributed by atoms with Crippen LogP contribution in [0.3, 0.4) is 0 Å². The van der Waals surface area contributed by atoms with Gasteiger partial charge in [0.05, 0.1) is 20.3 Å². The van der Waals surface area contributed by atoms with Crippen LogP contribution in [-0.2, 0) is 23.5 Å². The van der Waals surface area contributed by atoms with E-state index in [1.54, 1.807) is 7.11 Å². The van der Waals surface area contributed by atoms with Gasteiger partial charge in [-0.2, -0.15) is 0 Å². The van der Waals surface area contributed by atoms with Crippen LogP contribution < -0.4 is 10.5 Å². The van der Waals surface area contributed by atoms with Gasteiger partial charge in [-0.25, -0.2) is 0 Å². The van der Waals surface area contributed by atoms with Crippen LogP contribution >= 0.6 is 0 Å². The average molecular weight is 247 g/mol. The smallest absolute Gasteiger partial charge is 0.124 e. The van der Waals surface area contributed by atoms with Crippen molar-refractivity contribution in [1.29, 1.82) is 0 Å². The van der Waals surface area contributed by atoms with Gasteiger partial charge < -0.3 is 15.2 Å². The first-order chi connectivity index (χ1) is 8.73. The summed E-state index contributed by atoms with van der Waals surface area (Å²) in [7, 11) is 1.73. The molecule has 0 spiro atoms. The van der Waals surface area contributed by atoms with Crippen molar-refractivity contribution in [3.05, 3.63) is 28.8 Å². The fourth-order valence-corrected chi connectivity index (χ4v) is 3.22. The molecule has 0 saturated heterocycles. The molecule has 0 aromatic heterocycles. The molecule has 1 fully saturated rings. The molecular weight excluding hydrogens is 226 g/mol. The Hall–Kier alpha value is -1.06. The number of rotatable bonds is 2. The van der Waals surface area contributed by atoms with E-state index in [0.29, 0.717) is 13.2 Å². The molecule has 98 valence electrons. The van der Waals surface area contributed by atoms with E-state index in [-0.39, 0.29) is 5.54 Å². The molecule has 2 N–H and O–H groups in total. The van der Waals surface area contributed by atoms with Gasteiger partial charge in [-0.05, 0) is 36.1 Å². The Morgan fingerprint density at radius 2 is 1.78 bits per heavy atom. The summed E-state index contributed by atoms with van der Waals surface area (Å²) in [6.07, 6.45) is 5.85. The zero-order chi connectivity index (χ0) is 12.6. The van der Waals surface area contributed by atoms with E-state index < -0.39 is 0 Å². The first-order valence-electron chi connectivity index (χ1n) is 6.80. The SMILES string of the molecule is COc1cc2c(cc1C1(N)CCCCC1)COC2. The Bertz CT molecular complexity index is 450. The minimum Gasteiger partial charge on any atom is -0.496 e. The summed E-state index contributed by atoms with van der Waals surface area (Å²) in [6, 6.07) is 4.33. The van der Waals surface area contributed by atoms with Crippen LogP contribution in [0.25, 0.3) is 0 Å². The van der Waals surface area contributed by atoms with E-state index in [0.717, 1.165) is 18.6 Å². The van der Waals surface area contributed by atoms with Crippen LogP contribution in [0.2, 0.25) is 0 Å². The van der Waals surface area contributed by atoms with Gasteiger partial charge in [0.2, 0.25) is 0 Å². The Morgan fingerprint density at radius 1 is 1.11 bits per heavy atom. The molecule has 1 aromatic rings. The third-order valence-corrected chi connectivity index (χ3v) is 4.32. The molecule has 1 saturated carbocycles. The second-order valence-corrected chi connectivity index (χ2v) is 5.53. The maximum Gasteiger partial charge on any atom is 0.124 e. The van der Waals surface area contributed by atoms with Crippen molar-refractivity contribution in [3.63, 3.8) is 0 Å². The monoisotopic (exact) mass is 247 g/mol. The molecule has 18 heavy (non-hydrogen) atoms. The van der Waals surface area contributed by atoms with Gasteiger partial charge in [-0.15, -0.1) is 0 Å². The number of benzene rings is 1. The highest BCUT2D eigenvalue weighted by Crippen LogP contribution is 2.41. The molecule has 2 aliphatic rings. The molecule has 0 amide bonds. The lowest BCUT2D eigenvalue weighted by molar-refractivity contribution is 0.134. The topological polar surface area (TPSA) is 44.5 Å². The maximum atomic E-state index is 6.63. The Morgan fingerprint density at radius 3 is 2.44 bits per heavy atom. The van der Waals surface area contributed by atoms with Crippen LogP contribution in [0.4, 0.5) is 0 Å². The Balaban J connectivity index is 2.04. The van der Waals surface area contributed by atoms with E-state index in [1.807, 2.05) is 0 Å². The van der Waals surface area contributed by atoms with Gasteiger partial charge >= 0.3 is 0 Å². The minimum absolute atomic E-state index is 0.207. The third-order valence-electron chi connectivity index (χ3n) is 4.32. The van der Waals surface area contributed by atoms with Gasteiger partial charge in [0, 0.05) is 11.1 Å². The van der Waals surface area contributed by atoms with E-state index in [1.165, 1.54) is 36.0 Å². The standard InChI is InChI=1S/C15H21NO2/c1-17-14-8-12-10-18-9-11(12)7-13(14)15(16)5-3-2-4-6-15/h7-8H,2-6,9-10,16H2,1H3. The molecule has 0 bridgehead atoms. The van der Waals surface area contributed by atoms with E-state index >= 15 is 0 Å². The molecule has 3 nitrogen and oxygen atoms in total. The van der Waals surface area contributed by atoms with Crippen LogP contribution in [0, 0.1) is 0 Å². The van der Waals surface area contributed by atoms with E-state index in [4.69, 9.17) is 15.2 Å². The van der Waals surface area contributed by atoms with E-state index in [9.17, 15) is 0 Å². The Labute approximate surface area is 108 Å². The zero-order valence-corrected chi connectivity index (χ0v) is 11.0. The normalized spacial score (nSPS) is 21.7. The van der Waals surface area contributed by atoms with Crippen LogP contribution in [-0.4, -0.2) is 7.11 Å². The predicted molar refractivity (Wildman–Crippen MR) is 70.4 cm³/mol. The summed E-state index contributed by atoms with van der Waals surface area (Å²) >= 11 is 0. The molecule has 0 atom stereocenters. The van der Waals surface area contributed by atoms with Crippen molar-refractivity contribution in [2.75, 3.05) is 7.11 Å². The molecule has 0 unspecified atom stereocenters. The molecule has 0 radical (unpaired) electrons. The van der Waals surface area contributed by atoms with Crippen LogP contribution in [0.15, 0.2) is 12.1 Å². The van der Waals surface area contributed by atoms with Crippen LogP contribution in [0.1, 0.15) is 48.8 Å². The highest BCUT2D eigenvalue weighted by atomic mass is 16.5. The minimum atomic E-state index is -0.207. The lowest BCUT2D eigenvalue weighted by Gasteiger charge is -2.35. The lowest BCUT2D eigenvalue weighted by atomic mass is 9.76. The highest BCUT2D eigenvalue weighted by molar-refractivity contribution is 5.47. The largest absolute Gasteiger partial charge is 0.496 e. The third kappa shape index (κ3) is 1.91. The predicted octanol–water partition coefficient (Wildman–Crippen LogP) is 2.84. The number of hydrogen-bond donors (Lipinski definition) is 1. The molecule has 1 heterocycles. The second kappa shape index (κ2) is 4.56.